The molecule has 2 aliphatic rings. The molecule has 2 fully saturated rings. The number of amides is 3. The van der Waals surface area contributed by atoms with E-state index in [9.17, 15) is 19.5 Å². The highest BCUT2D eigenvalue weighted by Crippen LogP contribution is 2.24. The Morgan fingerprint density at radius 3 is 2.54 bits per heavy atom. The van der Waals surface area contributed by atoms with Gasteiger partial charge in [-0.3, -0.25) is 14.5 Å². The van der Waals surface area contributed by atoms with Crippen molar-refractivity contribution in [2.24, 2.45) is 5.92 Å². The van der Waals surface area contributed by atoms with E-state index in [0.29, 0.717) is 26.0 Å². The molecule has 3 amide bonds. The molecule has 1 aromatic rings. The van der Waals surface area contributed by atoms with Gasteiger partial charge in [0.05, 0.1) is 12.6 Å². The van der Waals surface area contributed by atoms with Gasteiger partial charge in [0.15, 0.2) is 0 Å². The normalized spacial score (nSPS) is 23.0. The summed E-state index contributed by atoms with van der Waals surface area (Å²) in [5, 5.41) is 15.9. The number of aliphatic hydroxyl groups is 1. The van der Waals surface area contributed by atoms with Crippen molar-refractivity contribution in [1.82, 2.24) is 15.5 Å². The molecule has 3 N–H and O–H groups in total. The Labute approximate surface area is 164 Å². The lowest BCUT2D eigenvalue weighted by molar-refractivity contribution is -0.126. The number of nitrogens with one attached hydrogen (secondary N) is 2. The van der Waals surface area contributed by atoms with Gasteiger partial charge in [0.1, 0.15) is 13.2 Å². The fraction of sp³-hybridized carbons (Fsp3) is 0.550. The van der Waals surface area contributed by atoms with Crippen molar-refractivity contribution in [2.75, 3.05) is 26.2 Å². The molecule has 1 aromatic carbocycles. The Balaban J connectivity index is 1.35. The SMILES string of the molecule is O=C(CN1CCOC1=O)NC1CCC(C(=O)NCC(O)c2ccccc2)CC1. The monoisotopic (exact) mass is 389 g/mol. The molecule has 0 aromatic heterocycles. The van der Waals surface area contributed by atoms with Crippen LogP contribution in [-0.4, -0.2) is 60.2 Å². The van der Waals surface area contributed by atoms with Crippen molar-refractivity contribution in [2.45, 2.75) is 37.8 Å². The average Bonchev–Trinajstić information content (AvgIpc) is 3.11. The molecule has 1 saturated heterocycles. The molecule has 152 valence electrons. The van der Waals surface area contributed by atoms with Crippen molar-refractivity contribution < 1.29 is 24.2 Å². The predicted octanol–water partition coefficient (Wildman–Crippen LogP) is 0.963. The van der Waals surface area contributed by atoms with Crippen LogP contribution in [0.15, 0.2) is 30.3 Å². The molecule has 1 aliphatic heterocycles. The molecule has 8 heteroatoms. The van der Waals surface area contributed by atoms with Gasteiger partial charge in [0, 0.05) is 18.5 Å². The Hall–Kier alpha value is -2.61. The number of cyclic esters (lactones) is 1. The van der Waals surface area contributed by atoms with Gasteiger partial charge in [-0.2, -0.15) is 0 Å². The van der Waals surface area contributed by atoms with E-state index < -0.39 is 12.2 Å². The van der Waals surface area contributed by atoms with Gasteiger partial charge in [-0.25, -0.2) is 4.79 Å². The van der Waals surface area contributed by atoms with E-state index in [1.807, 2.05) is 30.3 Å². The number of carbonyl (C=O) groups excluding carboxylic acids is 3. The first-order chi connectivity index (χ1) is 13.5. The molecule has 1 aliphatic carbocycles. The van der Waals surface area contributed by atoms with E-state index in [2.05, 4.69) is 10.6 Å². The number of hydrogen-bond acceptors (Lipinski definition) is 5. The van der Waals surface area contributed by atoms with Crippen LogP contribution in [0.2, 0.25) is 0 Å². The zero-order valence-corrected chi connectivity index (χ0v) is 15.8. The second-order valence-corrected chi connectivity index (χ2v) is 7.32. The maximum atomic E-state index is 12.4. The first-order valence-electron chi connectivity index (χ1n) is 9.74. The van der Waals surface area contributed by atoms with Crippen LogP contribution in [0.3, 0.4) is 0 Å². The Morgan fingerprint density at radius 1 is 1.18 bits per heavy atom. The molecule has 1 unspecified atom stereocenters. The minimum absolute atomic E-state index is 0.0105. The molecule has 0 radical (unpaired) electrons. The van der Waals surface area contributed by atoms with Gasteiger partial charge in [-0.1, -0.05) is 30.3 Å². The molecule has 0 bridgehead atoms. The molecule has 8 nitrogen and oxygen atoms in total. The summed E-state index contributed by atoms with van der Waals surface area (Å²) >= 11 is 0. The van der Waals surface area contributed by atoms with Crippen LogP contribution in [0.4, 0.5) is 4.79 Å². The van der Waals surface area contributed by atoms with Gasteiger partial charge >= 0.3 is 6.09 Å². The molecule has 1 atom stereocenters. The summed E-state index contributed by atoms with van der Waals surface area (Å²) in [7, 11) is 0. The number of hydrogen-bond donors (Lipinski definition) is 3. The summed E-state index contributed by atoms with van der Waals surface area (Å²) in [6.07, 6.45) is 1.63. The minimum Gasteiger partial charge on any atom is -0.448 e. The van der Waals surface area contributed by atoms with E-state index in [-0.39, 0.29) is 36.9 Å². The number of ether oxygens (including phenoxy) is 1. The maximum Gasteiger partial charge on any atom is 0.410 e. The van der Waals surface area contributed by atoms with Gasteiger partial charge in [0.2, 0.25) is 11.8 Å². The molecule has 0 spiro atoms. The zero-order chi connectivity index (χ0) is 19.9. The lowest BCUT2D eigenvalue weighted by Crippen LogP contribution is -2.45. The van der Waals surface area contributed by atoms with Gasteiger partial charge in [-0.05, 0) is 31.2 Å². The third-order valence-corrected chi connectivity index (χ3v) is 5.30. The molecular formula is C20H27N3O5. The number of rotatable bonds is 7. The first-order valence-corrected chi connectivity index (χ1v) is 9.74. The van der Waals surface area contributed by atoms with Crippen LogP contribution in [0.25, 0.3) is 0 Å². The van der Waals surface area contributed by atoms with E-state index in [0.717, 1.165) is 18.4 Å². The highest BCUT2D eigenvalue weighted by Gasteiger charge is 2.29. The highest BCUT2D eigenvalue weighted by atomic mass is 16.6. The molecular weight excluding hydrogens is 362 g/mol. The predicted molar refractivity (Wildman–Crippen MR) is 101 cm³/mol. The topological polar surface area (TPSA) is 108 Å². The molecule has 1 heterocycles. The van der Waals surface area contributed by atoms with E-state index in [4.69, 9.17) is 4.74 Å². The second-order valence-electron chi connectivity index (χ2n) is 7.32. The Morgan fingerprint density at radius 2 is 1.89 bits per heavy atom. The fourth-order valence-electron chi connectivity index (χ4n) is 3.65. The lowest BCUT2D eigenvalue weighted by atomic mass is 9.85. The zero-order valence-electron chi connectivity index (χ0n) is 15.8. The molecule has 1 saturated carbocycles. The van der Waals surface area contributed by atoms with Crippen LogP contribution in [0, 0.1) is 5.92 Å². The minimum atomic E-state index is -0.724. The number of benzene rings is 1. The van der Waals surface area contributed by atoms with Crippen molar-refractivity contribution in [3.05, 3.63) is 35.9 Å². The third-order valence-electron chi connectivity index (χ3n) is 5.30. The summed E-state index contributed by atoms with van der Waals surface area (Å²) in [6.45, 7) is 0.960. The quantitative estimate of drug-likeness (QED) is 0.644. The standard InChI is InChI=1S/C20H27N3O5/c24-17(14-4-2-1-3-5-14)12-21-19(26)15-6-8-16(9-7-15)22-18(25)13-23-10-11-28-20(23)27/h1-5,15-17,24H,6-13H2,(H,21,26)(H,22,25). The highest BCUT2D eigenvalue weighted by molar-refractivity contribution is 5.83. The molecule has 3 rings (SSSR count). The summed E-state index contributed by atoms with van der Waals surface area (Å²) in [5.74, 6) is -0.359. The first kappa shape index (κ1) is 20.1. The Bertz CT molecular complexity index is 688. The third kappa shape index (κ3) is 5.45. The van der Waals surface area contributed by atoms with E-state index >= 15 is 0 Å². The Kier molecular flexibility index (Phi) is 6.86. The van der Waals surface area contributed by atoms with Crippen molar-refractivity contribution in [3.63, 3.8) is 0 Å². The van der Waals surface area contributed by atoms with Crippen LogP contribution in [0.5, 0.6) is 0 Å². The van der Waals surface area contributed by atoms with Crippen molar-refractivity contribution >= 4 is 17.9 Å². The van der Waals surface area contributed by atoms with Crippen LogP contribution >= 0.6 is 0 Å². The summed E-state index contributed by atoms with van der Waals surface area (Å²) < 4.78 is 4.81. The van der Waals surface area contributed by atoms with E-state index in [1.54, 1.807) is 0 Å². The van der Waals surface area contributed by atoms with Crippen molar-refractivity contribution in [3.8, 4) is 0 Å². The van der Waals surface area contributed by atoms with Crippen LogP contribution in [0.1, 0.15) is 37.4 Å². The summed E-state index contributed by atoms with van der Waals surface area (Å²) in [4.78, 5) is 37.2. The van der Waals surface area contributed by atoms with Crippen LogP contribution < -0.4 is 10.6 Å². The largest absolute Gasteiger partial charge is 0.448 e. The van der Waals surface area contributed by atoms with Crippen LogP contribution in [-0.2, 0) is 14.3 Å². The van der Waals surface area contributed by atoms with Crippen molar-refractivity contribution in [1.29, 1.82) is 0 Å². The second kappa shape index (κ2) is 9.54. The molecule has 28 heavy (non-hydrogen) atoms. The smallest absolute Gasteiger partial charge is 0.410 e. The lowest BCUT2D eigenvalue weighted by Gasteiger charge is -2.29. The average molecular weight is 389 g/mol. The maximum absolute atomic E-state index is 12.4. The number of nitrogens with zero attached hydrogens (tertiary/aromatic N) is 1. The fourth-order valence-corrected chi connectivity index (χ4v) is 3.65. The van der Waals surface area contributed by atoms with Gasteiger partial charge in [-0.15, -0.1) is 0 Å². The summed E-state index contributed by atoms with van der Waals surface area (Å²) in [6, 6.07) is 9.25. The van der Waals surface area contributed by atoms with Gasteiger partial charge in [0.25, 0.3) is 0 Å². The van der Waals surface area contributed by atoms with Gasteiger partial charge < -0.3 is 20.5 Å². The van der Waals surface area contributed by atoms with E-state index in [1.165, 1.54) is 4.90 Å². The summed E-state index contributed by atoms with van der Waals surface area (Å²) in [5.41, 5.74) is 0.774. The number of carbonyl (C=O) groups is 3. The number of aliphatic hydroxyl groups excluding tert-OH is 1.